The van der Waals surface area contributed by atoms with Gasteiger partial charge in [0.2, 0.25) is 0 Å². The Labute approximate surface area is 103 Å². The van der Waals surface area contributed by atoms with Gasteiger partial charge in [0.05, 0.1) is 0 Å². The number of rotatable bonds is 1. The van der Waals surface area contributed by atoms with Crippen LogP contribution in [-0.4, -0.2) is 0 Å². The zero-order valence-electron chi connectivity index (χ0n) is 4.45. The van der Waals surface area contributed by atoms with Gasteiger partial charge in [-0.1, -0.05) is 1.59 Å². The van der Waals surface area contributed by atoms with E-state index in [1.807, 2.05) is 0 Å². The van der Waals surface area contributed by atoms with Crippen LogP contribution in [0.2, 0.25) is 0 Å². The molecule has 0 aromatic carbocycles. The van der Waals surface area contributed by atoms with E-state index in [4.69, 9.17) is 0 Å². The monoisotopic (exact) mass is 409 g/mol. The van der Waals surface area contributed by atoms with Gasteiger partial charge in [-0.25, -0.2) is 12.5 Å². The van der Waals surface area contributed by atoms with Gasteiger partial charge in [-0.3, -0.25) is 0 Å². The molecule has 0 aliphatic carbocycles. The fraction of sp³-hybridized carbons (Fsp3) is 0.200. The minimum Gasteiger partial charge on any atom is -0.342 e. The Kier molecular flexibility index (Phi) is 11.7. The summed E-state index contributed by atoms with van der Waals surface area (Å²) < 4.78 is 1.23. The molecule has 3 heteroatoms. The Morgan fingerprint density at radius 3 is 1.75 bits per heavy atom. The Hall–Kier alpha value is 2.17. The van der Waals surface area contributed by atoms with E-state index in [9.17, 15) is 0 Å². The molecule has 0 atom stereocenters. The summed E-state index contributed by atoms with van der Waals surface area (Å²) in [6, 6.07) is 0. The molecule has 0 rings (SSSR count). The normalized spacial score (nSPS) is 7.38. The summed E-state index contributed by atoms with van der Waals surface area (Å²) >= 11 is 4.46. The quantitative estimate of drug-likeness (QED) is 0.462. The van der Waals surface area contributed by atoms with Crippen molar-refractivity contribution >= 4 is 45.2 Å². The SMILES string of the molecule is [CH2-]CC([CH2-])=C(I)I.[Y]. The van der Waals surface area contributed by atoms with E-state index in [2.05, 4.69) is 59.0 Å². The van der Waals surface area contributed by atoms with Crippen molar-refractivity contribution in [1.29, 1.82) is 0 Å². The van der Waals surface area contributed by atoms with Gasteiger partial charge in [-0.05, 0) is 0 Å². The molecule has 0 saturated heterocycles. The largest absolute Gasteiger partial charge is 0.342 e. The van der Waals surface area contributed by atoms with Crippen molar-refractivity contribution in [3.05, 3.63) is 21.0 Å². The predicted octanol–water partition coefficient (Wildman–Crippen LogP) is 3.12. The van der Waals surface area contributed by atoms with E-state index in [-0.39, 0.29) is 32.7 Å². The molecule has 0 aromatic rings. The van der Waals surface area contributed by atoms with E-state index in [0.717, 1.165) is 12.0 Å². The molecule has 0 unspecified atom stereocenters. The molecule has 0 nitrogen and oxygen atoms in total. The summed E-state index contributed by atoms with van der Waals surface area (Å²) in [5.74, 6) is 0. The van der Waals surface area contributed by atoms with E-state index < -0.39 is 0 Å². The van der Waals surface area contributed by atoms with E-state index in [1.165, 1.54) is 1.59 Å². The van der Waals surface area contributed by atoms with Gasteiger partial charge in [-0.2, -0.15) is 51.6 Å². The summed E-state index contributed by atoms with van der Waals surface area (Å²) in [4.78, 5) is 0. The fourth-order valence-electron chi connectivity index (χ4n) is 0.0945. The number of hydrogen-bond donors (Lipinski definition) is 0. The summed E-state index contributed by atoms with van der Waals surface area (Å²) in [6.45, 7) is 7.44. The molecular formula is C5H6I2Y-2. The first kappa shape index (κ1) is 12.8. The second-order valence-corrected chi connectivity index (χ2v) is 5.34. The molecule has 0 saturated carbocycles. The first-order valence-electron chi connectivity index (χ1n) is 1.84. The zero-order chi connectivity index (χ0) is 5.86. The Bertz CT molecular complexity index is 84.4. The molecular weight excluding hydrogens is 403 g/mol. The van der Waals surface area contributed by atoms with Crippen LogP contribution >= 0.6 is 45.2 Å². The molecule has 0 aliphatic rings. The number of halogens is 2. The third kappa shape index (κ3) is 6.30. The van der Waals surface area contributed by atoms with Crippen LogP contribution in [-0.2, 0) is 32.7 Å². The predicted molar refractivity (Wildman–Crippen MR) is 50.4 cm³/mol. The van der Waals surface area contributed by atoms with Crippen molar-refractivity contribution < 1.29 is 32.7 Å². The minimum atomic E-state index is 0. The molecule has 0 heterocycles. The smallest absolute Gasteiger partial charge is 0 e. The van der Waals surface area contributed by atoms with Crippen LogP contribution in [0.4, 0.5) is 0 Å². The fourth-order valence-corrected chi connectivity index (χ4v) is 0.634. The zero-order valence-corrected chi connectivity index (χ0v) is 11.6. The molecule has 0 N–H and O–H groups in total. The standard InChI is InChI=1S/C5H6I2.Y/c1-3-4(2)5(6)7;/h1-3H2;/q-2;. The van der Waals surface area contributed by atoms with Crippen molar-refractivity contribution in [3.63, 3.8) is 0 Å². The van der Waals surface area contributed by atoms with E-state index >= 15 is 0 Å². The van der Waals surface area contributed by atoms with Crippen LogP contribution in [0, 0.1) is 13.8 Å². The average molecular weight is 409 g/mol. The molecule has 0 amide bonds. The molecule has 45 valence electrons. The van der Waals surface area contributed by atoms with Gasteiger partial charge in [0.1, 0.15) is 0 Å². The molecule has 0 spiro atoms. The van der Waals surface area contributed by atoms with Crippen LogP contribution < -0.4 is 0 Å². The maximum absolute atomic E-state index is 3.76. The van der Waals surface area contributed by atoms with Gasteiger partial charge >= 0.3 is 0 Å². The van der Waals surface area contributed by atoms with Crippen molar-refractivity contribution in [2.75, 3.05) is 0 Å². The first-order valence-corrected chi connectivity index (χ1v) is 3.99. The molecule has 0 aromatic heterocycles. The van der Waals surface area contributed by atoms with Crippen LogP contribution in [0.15, 0.2) is 7.16 Å². The van der Waals surface area contributed by atoms with Gasteiger partial charge in [0.25, 0.3) is 0 Å². The molecule has 8 heavy (non-hydrogen) atoms. The maximum atomic E-state index is 3.76. The Morgan fingerprint density at radius 1 is 1.38 bits per heavy atom. The van der Waals surface area contributed by atoms with Gasteiger partial charge < -0.3 is 6.92 Å². The van der Waals surface area contributed by atoms with Crippen LogP contribution in [0.25, 0.3) is 0 Å². The maximum Gasteiger partial charge on any atom is 0 e. The van der Waals surface area contributed by atoms with E-state index in [0.29, 0.717) is 0 Å². The van der Waals surface area contributed by atoms with Crippen molar-refractivity contribution in [3.8, 4) is 0 Å². The van der Waals surface area contributed by atoms with Gasteiger partial charge in [-0.15, -0.1) is 0 Å². The average Bonchev–Trinajstić information content (AvgIpc) is 1.65. The van der Waals surface area contributed by atoms with Gasteiger partial charge in [0, 0.05) is 32.7 Å². The van der Waals surface area contributed by atoms with Crippen LogP contribution in [0.5, 0.6) is 0 Å². The first-order chi connectivity index (χ1) is 3.18. The third-order valence-electron chi connectivity index (χ3n) is 0.569. The molecule has 0 fully saturated rings. The minimum absolute atomic E-state index is 0. The number of allylic oxidation sites excluding steroid dienone is 1. The summed E-state index contributed by atoms with van der Waals surface area (Å²) in [7, 11) is 0. The van der Waals surface area contributed by atoms with Gasteiger partial charge in [0.15, 0.2) is 0 Å². The van der Waals surface area contributed by atoms with E-state index in [1.54, 1.807) is 0 Å². The topological polar surface area (TPSA) is 0 Å². The van der Waals surface area contributed by atoms with Crippen molar-refractivity contribution in [2.45, 2.75) is 6.42 Å². The molecule has 0 bridgehead atoms. The molecule has 1 radical (unpaired) electrons. The van der Waals surface area contributed by atoms with Crippen LogP contribution in [0.3, 0.4) is 0 Å². The van der Waals surface area contributed by atoms with Crippen molar-refractivity contribution in [1.82, 2.24) is 0 Å². The summed E-state index contributed by atoms with van der Waals surface area (Å²) in [5.41, 5.74) is 1.13. The second-order valence-electron chi connectivity index (χ2n) is 1.11. The number of hydrogen-bond acceptors (Lipinski definition) is 0. The van der Waals surface area contributed by atoms with Crippen LogP contribution in [0.1, 0.15) is 6.42 Å². The summed E-state index contributed by atoms with van der Waals surface area (Å²) in [5, 5.41) is 0. The molecule has 0 aliphatic heterocycles. The third-order valence-corrected chi connectivity index (χ3v) is 2.09. The Balaban J connectivity index is 0. The second kappa shape index (κ2) is 7.28. The van der Waals surface area contributed by atoms with Crippen molar-refractivity contribution in [2.24, 2.45) is 0 Å². The summed E-state index contributed by atoms with van der Waals surface area (Å²) in [6.07, 6.45) is 0.821. The Morgan fingerprint density at radius 2 is 1.75 bits per heavy atom.